The number of aryl methyl sites for hydroxylation is 1. The summed E-state index contributed by atoms with van der Waals surface area (Å²) in [7, 11) is -2.93. The molecule has 1 rings (SSSR count). The number of carbonyl (C=O) groups is 2. The van der Waals surface area contributed by atoms with Gasteiger partial charge >= 0.3 is 5.97 Å². The molecule has 4 N–H and O–H groups in total. The quantitative estimate of drug-likeness (QED) is 0.670. The van der Waals surface area contributed by atoms with Gasteiger partial charge in [0.25, 0.3) is 0 Å². The van der Waals surface area contributed by atoms with E-state index in [9.17, 15) is 23.1 Å². The summed E-state index contributed by atoms with van der Waals surface area (Å²) >= 11 is 0. The van der Waals surface area contributed by atoms with Gasteiger partial charge in [0.1, 0.15) is 11.3 Å². The highest BCUT2D eigenvalue weighted by Gasteiger charge is 2.26. The van der Waals surface area contributed by atoms with E-state index in [1.54, 1.807) is 0 Å². The van der Waals surface area contributed by atoms with Gasteiger partial charge in [-0.2, -0.15) is 4.31 Å². The molecule has 0 aliphatic heterocycles. The van der Waals surface area contributed by atoms with E-state index in [1.807, 2.05) is 0 Å². The van der Waals surface area contributed by atoms with Gasteiger partial charge in [-0.05, 0) is 24.6 Å². The molecule has 1 amide bonds. The highest BCUT2D eigenvalue weighted by Crippen LogP contribution is 2.27. The summed E-state index contributed by atoms with van der Waals surface area (Å²) in [6.45, 7) is 0.862. The molecule has 0 unspecified atom stereocenters. The van der Waals surface area contributed by atoms with E-state index in [-0.39, 0.29) is 10.5 Å². The van der Waals surface area contributed by atoms with Crippen molar-refractivity contribution in [1.29, 1.82) is 0 Å². The molecule has 1 aromatic rings. The predicted molar refractivity (Wildman–Crippen MR) is 68.8 cm³/mol. The summed E-state index contributed by atoms with van der Waals surface area (Å²) in [5.41, 5.74) is 4.55. The Balaban J connectivity index is 3.42. The highest BCUT2D eigenvalue weighted by molar-refractivity contribution is 7.89. The number of likely N-dealkylation sites (N-methyl/N-ethyl adjacent to an activating group) is 1. The van der Waals surface area contributed by atoms with Crippen molar-refractivity contribution in [1.82, 2.24) is 4.31 Å². The zero-order valence-electron chi connectivity index (χ0n) is 10.8. The van der Waals surface area contributed by atoms with Gasteiger partial charge in [-0.15, -0.1) is 0 Å². The Morgan fingerprint density at radius 2 is 1.90 bits per heavy atom. The largest absolute Gasteiger partial charge is 0.507 e. The van der Waals surface area contributed by atoms with Gasteiger partial charge in [0.05, 0.1) is 11.4 Å². The maximum atomic E-state index is 12.2. The summed E-state index contributed by atoms with van der Waals surface area (Å²) in [6.07, 6.45) is 0. The number of primary amides is 1. The van der Waals surface area contributed by atoms with Crippen molar-refractivity contribution in [3.63, 3.8) is 0 Å². The predicted octanol–water partition coefficient (Wildman–Crippen LogP) is -0.495. The van der Waals surface area contributed by atoms with Crippen LogP contribution < -0.4 is 5.73 Å². The fourth-order valence-electron chi connectivity index (χ4n) is 1.59. The first-order valence-corrected chi connectivity index (χ1v) is 6.83. The van der Waals surface area contributed by atoms with Crippen LogP contribution in [-0.4, -0.2) is 48.4 Å². The second-order valence-corrected chi connectivity index (χ2v) is 6.18. The molecule has 0 aliphatic carbocycles. The van der Waals surface area contributed by atoms with Crippen LogP contribution in [0.1, 0.15) is 15.9 Å². The number of nitrogens with two attached hydrogens (primary N) is 1. The van der Waals surface area contributed by atoms with E-state index in [1.165, 1.54) is 6.92 Å². The van der Waals surface area contributed by atoms with Crippen LogP contribution in [0.25, 0.3) is 0 Å². The fourth-order valence-corrected chi connectivity index (χ4v) is 2.96. The fraction of sp³-hybridized carbons (Fsp3) is 0.273. The summed E-state index contributed by atoms with van der Waals surface area (Å²) in [4.78, 5) is 21.4. The van der Waals surface area contributed by atoms with Crippen LogP contribution in [0, 0.1) is 6.92 Å². The average molecular weight is 302 g/mol. The number of phenols is 1. The second-order valence-electron chi connectivity index (χ2n) is 4.17. The molecule has 110 valence electrons. The Morgan fingerprint density at radius 1 is 1.35 bits per heavy atom. The number of hydrogen-bond acceptors (Lipinski definition) is 5. The van der Waals surface area contributed by atoms with Gasteiger partial charge in [-0.25, -0.2) is 13.2 Å². The summed E-state index contributed by atoms with van der Waals surface area (Å²) in [6, 6.07) is 1.88. The molecule has 1 aromatic carbocycles. The van der Waals surface area contributed by atoms with Crippen LogP contribution in [-0.2, 0) is 14.8 Å². The topological polar surface area (TPSA) is 138 Å². The Bertz CT molecular complexity index is 668. The molecule has 9 heteroatoms. The Morgan fingerprint density at radius 3 is 2.35 bits per heavy atom. The molecular weight excluding hydrogens is 288 g/mol. The Hall–Kier alpha value is -2.13. The summed E-state index contributed by atoms with van der Waals surface area (Å²) in [5, 5.41) is 18.4. The van der Waals surface area contributed by atoms with Crippen molar-refractivity contribution in [2.75, 3.05) is 13.6 Å². The number of carbonyl (C=O) groups excluding carboxylic acids is 1. The minimum absolute atomic E-state index is 0.156. The molecule has 0 bridgehead atoms. The van der Waals surface area contributed by atoms with Gasteiger partial charge in [-0.3, -0.25) is 4.79 Å². The normalized spacial score (nSPS) is 11.6. The van der Waals surface area contributed by atoms with E-state index in [0.29, 0.717) is 4.31 Å². The van der Waals surface area contributed by atoms with Crippen LogP contribution >= 0.6 is 0 Å². The lowest BCUT2D eigenvalue weighted by Gasteiger charge is -2.17. The Kier molecular flexibility index (Phi) is 4.36. The molecule has 0 saturated heterocycles. The van der Waals surface area contributed by atoms with Crippen molar-refractivity contribution >= 4 is 21.9 Å². The number of carboxylic acid groups (broad SMARTS) is 1. The first kappa shape index (κ1) is 15.9. The molecule has 20 heavy (non-hydrogen) atoms. The summed E-state index contributed by atoms with van der Waals surface area (Å²) < 4.78 is 25.1. The lowest BCUT2D eigenvalue weighted by Crippen LogP contribution is -2.35. The van der Waals surface area contributed by atoms with E-state index >= 15 is 0 Å². The van der Waals surface area contributed by atoms with Crippen LogP contribution in [0.15, 0.2) is 17.0 Å². The molecule has 0 radical (unpaired) electrons. The Labute approximate surface area is 115 Å². The first-order valence-electron chi connectivity index (χ1n) is 5.39. The zero-order chi connectivity index (χ0) is 15.7. The average Bonchev–Trinajstić information content (AvgIpc) is 2.26. The maximum absolute atomic E-state index is 12.2. The van der Waals surface area contributed by atoms with Crippen LogP contribution in [0.4, 0.5) is 0 Å². The van der Waals surface area contributed by atoms with Gasteiger partial charge in [0.2, 0.25) is 15.9 Å². The third kappa shape index (κ3) is 3.06. The highest BCUT2D eigenvalue weighted by atomic mass is 32.2. The van der Waals surface area contributed by atoms with Crippen LogP contribution in [0.5, 0.6) is 5.75 Å². The van der Waals surface area contributed by atoms with Crippen molar-refractivity contribution < 1.29 is 28.2 Å². The molecule has 8 nitrogen and oxygen atoms in total. The van der Waals surface area contributed by atoms with Gasteiger partial charge in [-0.1, -0.05) is 0 Å². The minimum atomic E-state index is -4.08. The van der Waals surface area contributed by atoms with Crippen molar-refractivity contribution in [3.05, 3.63) is 23.3 Å². The molecule has 0 aromatic heterocycles. The molecule has 0 atom stereocenters. The van der Waals surface area contributed by atoms with E-state index in [0.717, 1.165) is 19.2 Å². The SMILES string of the molecule is Cc1cc(O)c(C(=O)O)cc1S(=O)(=O)N(C)CC(N)=O. The number of carboxylic acids is 1. The number of rotatable bonds is 5. The van der Waals surface area contributed by atoms with Crippen LogP contribution in [0.2, 0.25) is 0 Å². The van der Waals surface area contributed by atoms with Gasteiger partial charge in [0.15, 0.2) is 0 Å². The number of aromatic hydroxyl groups is 1. The van der Waals surface area contributed by atoms with Gasteiger partial charge < -0.3 is 15.9 Å². The number of benzene rings is 1. The van der Waals surface area contributed by atoms with E-state index in [4.69, 9.17) is 10.8 Å². The molecule has 0 heterocycles. The molecule has 0 spiro atoms. The zero-order valence-corrected chi connectivity index (χ0v) is 11.6. The lowest BCUT2D eigenvalue weighted by atomic mass is 10.1. The number of nitrogens with zero attached hydrogens (tertiary/aromatic N) is 1. The second kappa shape index (κ2) is 5.47. The van der Waals surface area contributed by atoms with Gasteiger partial charge in [0, 0.05) is 7.05 Å². The molecule has 0 saturated carbocycles. The molecule has 0 fully saturated rings. The minimum Gasteiger partial charge on any atom is -0.507 e. The molecular formula is C11H14N2O6S. The number of amides is 1. The molecule has 0 aliphatic rings. The van der Waals surface area contributed by atoms with E-state index < -0.39 is 39.8 Å². The van der Waals surface area contributed by atoms with Crippen molar-refractivity contribution in [2.45, 2.75) is 11.8 Å². The smallest absolute Gasteiger partial charge is 0.339 e. The first-order chi connectivity index (χ1) is 9.07. The number of sulfonamides is 1. The summed E-state index contributed by atoms with van der Waals surface area (Å²) in [5.74, 6) is -2.84. The third-order valence-corrected chi connectivity index (χ3v) is 4.54. The maximum Gasteiger partial charge on any atom is 0.339 e. The number of aromatic carboxylic acids is 1. The number of hydrogen-bond donors (Lipinski definition) is 3. The monoisotopic (exact) mass is 302 g/mol. The third-order valence-electron chi connectivity index (χ3n) is 2.59. The van der Waals surface area contributed by atoms with Crippen molar-refractivity contribution in [3.8, 4) is 5.75 Å². The standard InChI is InChI=1S/C11H14N2O6S/c1-6-3-8(14)7(11(16)17)4-9(6)20(18,19)13(2)5-10(12)15/h3-4,14H,5H2,1-2H3,(H2,12,15)(H,16,17). The van der Waals surface area contributed by atoms with Crippen LogP contribution in [0.3, 0.4) is 0 Å². The van der Waals surface area contributed by atoms with Crippen molar-refractivity contribution in [2.24, 2.45) is 5.73 Å². The lowest BCUT2D eigenvalue weighted by molar-refractivity contribution is -0.118. The van der Waals surface area contributed by atoms with E-state index in [2.05, 4.69) is 0 Å².